The molecule has 0 radical (unpaired) electrons. The van der Waals surface area contributed by atoms with Gasteiger partial charge in [-0.25, -0.2) is 17.9 Å². The lowest BCUT2D eigenvalue weighted by atomic mass is 9.92. The van der Waals surface area contributed by atoms with E-state index in [1.54, 1.807) is 48.5 Å². The molecule has 36 heavy (non-hydrogen) atoms. The minimum atomic E-state index is -4.22. The van der Waals surface area contributed by atoms with Crippen LogP contribution in [-0.4, -0.2) is 59.7 Å². The first-order chi connectivity index (χ1) is 17.2. The highest BCUT2D eigenvalue weighted by molar-refractivity contribution is 7.89. The summed E-state index contributed by atoms with van der Waals surface area (Å²) in [5.74, 6) is -0.687. The summed E-state index contributed by atoms with van der Waals surface area (Å²) in [6.45, 7) is 0.207. The summed E-state index contributed by atoms with van der Waals surface area (Å²) >= 11 is 0. The fourth-order valence-electron chi connectivity index (χ4n) is 4.53. The number of carboxylic acid groups (broad SMARTS) is 1. The van der Waals surface area contributed by atoms with Crippen molar-refractivity contribution in [1.82, 2.24) is 14.6 Å². The summed E-state index contributed by atoms with van der Waals surface area (Å²) in [5, 5.41) is 18.0. The topological polar surface area (TPSA) is 167 Å². The molecule has 2 heterocycles. The van der Waals surface area contributed by atoms with Crippen LogP contribution in [0.3, 0.4) is 0 Å². The molecule has 10 nitrogen and oxygen atoms in total. The highest BCUT2D eigenvalue weighted by Crippen LogP contribution is 2.24. The van der Waals surface area contributed by atoms with Crippen molar-refractivity contribution in [3.63, 3.8) is 0 Å². The fraction of sp³-hybridized carbons (Fsp3) is 0.280. The maximum Gasteiger partial charge on any atom is 0.407 e. The van der Waals surface area contributed by atoms with Gasteiger partial charge in [0, 0.05) is 23.7 Å². The number of benzene rings is 2. The molecule has 1 aliphatic rings. The minimum absolute atomic E-state index is 0.0403. The van der Waals surface area contributed by atoms with E-state index in [2.05, 4.69) is 9.71 Å². The van der Waals surface area contributed by atoms with Gasteiger partial charge in [0.05, 0.1) is 17.6 Å². The van der Waals surface area contributed by atoms with E-state index >= 15 is 0 Å². The zero-order chi connectivity index (χ0) is 25.9. The number of nitrogens with zero attached hydrogens (tertiary/aromatic N) is 2. The van der Waals surface area contributed by atoms with Crippen molar-refractivity contribution >= 4 is 38.6 Å². The maximum absolute atomic E-state index is 13.7. The van der Waals surface area contributed by atoms with Gasteiger partial charge in [0.15, 0.2) is 5.78 Å². The largest absolute Gasteiger partial charge is 0.465 e. The Labute approximate surface area is 208 Å². The molecule has 5 N–H and O–H groups in total. The number of carbonyl (C=O) groups excluding carboxylic acids is 1. The zero-order valence-electron chi connectivity index (χ0n) is 19.4. The second kappa shape index (κ2) is 10.4. The molecule has 0 saturated carbocycles. The monoisotopic (exact) mass is 509 g/mol. The van der Waals surface area contributed by atoms with E-state index in [9.17, 15) is 23.1 Å². The van der Waals surface area contributed by atoms with Gasteiger partial charge in [-0.05, 0) is 49.4 Å². The second-order valence-electron chi connectivity index (χ2n) is 8.71. The zero-order valence-corrected chi connectivity index (χ0v) is 20.2. The van der Waals surface area contributed by atoms with Crippen LogP contribution in [0.5, 0.6) is 0 Å². The smallest absolute Gasteiger partial charge is 0.407 e. The van der Waals surface area contributed by atoms with Gasteiger partial charge in [-0.1, -0.05) is 36.4 Å². The van der Waals surface area contributed by atoms with Crippen molar-refractivity contribution in [3.05, 3.63) is 71.9 Å². The summed E-state index contributed by atoms with van der Waals surface area (Å²) in [4.78, 5) is 30.7. The number of aromatic nitrogens is 1. The van der Waals surface area contributed by atoms with Crippen molar-refractivity contribution < 1.29 is 23.1 Å². The number of amidine groups is 1. The Morgan fingerprint density at radius 2 is 1.92 bits per heavy atom. The van der Waals surface area contributed by atoms with Gasteiger partial charge in [0.1, 0.15) is 10.7 Å². The number of para-hydroxylation sites is 1. The van der Waals surface area contributed by atoms with Crippen molar-refractivity contribution in [2.45, 2.75) is 42.7 Å². The Hall–Kier alpha value is -3.83. The number of hydrogen-bond acceptors (Lipinski definition) is 6. The SMILES string of the molecule is N=C(N)c1cccc(C[C@H](NS(=O)(=O)c2cccc3cccnc23)C(=O)C2CCCCN2C(=O)O)c1. The summed E-state index contributed by atoms with van der Waals surface area (Å²) in [7, 11) is -4.22. The van der Waals surface area contributed by atoms with E-state index in [1.165, 1.54) is 12.3 Å². The molecule has 1 fully saturated rings. The molecular weight excluding hydrogens is 482 g/mol. The third-order valence-electron chi connectivity index (χ3n) is 6.28. The number of nitrogens with one attached hydrogen (secondary N) is 2. The van der Waals surface area contributed by atoms with Gasteiger partial charge < -0.3 is 10.8 Å². The summed E-state index contributed by atoms with van der Waals surface area (Å²) < 4.78 is 29.6. The number of ketones is 1. The summed E-state index contributed by atoms with van der Waals surface area (Å²) in [6.07, 6.45) is 1.84. The molecule has 1 unspecified atom stereocenters. The molecule has 2 aromatic carbocycles. The standard InChI is InChI=1S/C25H27N5O5S/c26-24(27)18-8-3-6-16(14-18)15-19(23(31)20-10-1-2-13-30(20)25(32)33)29-36(34,35)21-11-4-7-17-9-5-12-28-22(17)21/h3-9,11-12,14,19-20,29H,1-2,10,13,15H2,(H3,26,27)(H,32,33)/t19-,20?/m0/s1. The molecule has 188 valence electrons. The van der Waals surface area contributed by atoms with Crippen LogP contribution < -0.4 is 10.5 Å². The van der Waals surface area contributed by atoms with Crippen molar-refractivity contribution in [1.29, 1.82) is 5.41 Å². The Morgan fingerprint density at radius 3 is 2.67 bits per heavy atom. The van der Waals surface area contributed by atoms with E-state index in [-0.39, 0.29) is 29.2 Å². The van der Waals surface area contributed by atoms with E-state index in [1.807, 2.05) is 0 Å². The number of rotatable bonds is 8. The number of carbonyl (C=O) groups is 2. The molecule has 1 aromatic heterocycles. The number of pyridine rings is 1. The molecule has 1 aliphatic heterocycles. The number of hydrogen-bond donors (Lipinski definition) is 4. The van der Waals surface area contributed by atoms with Crippen LogP contribution in [-0.2, 0) is 21.2 Å². The van der Waals surface area contributed by atoms with Gasteiger partial charge in [0.2, 0.25) is 10.0 Å². The van der Waals surface area contributed by atoms with Gasteiger partial charge >= 0.3 is 6.09 Å². The Balaban J connectivity index is 1.73. The third-order valence-corrected chi connectivity index (χ3v) is 7.78. The predicted molar refractivity (Wildman–Crippen MR) is 134 cm³/mol. The minimum Gasteiger partial charge on any atom is -0.465 e. The quantitative estimate of drug-likeness (QED) is 0.267. The lowest BCUT2D eigenvalue weighted by molar-refractivity contribution is -0.126. The molecule has 4 rings (SSSR count). The molecule has 0 aliphatic carbocycles. The number of fused-ring (bicyclic) bond motifs is 1. The van der Waals surface area contributed by atoms with Gasteiger partial charge in [-0.2, -0.15) is 0 Å². The highest BCUT2D eigenvalue weighted by atomic mass is 32.2. The van der Waals surface area contributed by atoms with Gasteiger partial charge in [-0.3, -0.25) is 20.1 Å². The van der Waals surface area contributed by atoms with Crippen LogP contribution in [0, 0.1) is 5.41 Å². The summed E-state index contributed by atoms with van der Waals surface area (Å²) in [6, 6.07) is 12.6. The maximum atomic E-state index is 13.7. The van der Waals surface area contributed by atoms with Gasteiger partial charge in [0.25, 0.3) is 0 Å². The van der Waals surface area contributed by atoms with Crippen molar-refractivity contribution in [2.24, 2.45) is 5.73 Å². The van der Waals surface area contributed by atoms with Crippen LogP contribution in [0.2, 0.25) is 0 Å². The van der Waals surface area contributed by atoms with E-state index in [0.29, 0.717) is 35.8 Å². The lowest BCUT2D eigenvalue weighted by Gasteiger charge is -2.34. The Bertz CT molecular complexity index is 1420. The average molecular weight is 510 g/mol. The fourth-order valence-corrected chi connectivity index (χ4v) is 5.92. The normalized spacial score (nSPS) is 17.0. The molecular formula is C25H27N5O5S. The molecule has 0 spiro atoms. The number of nitrogens with two attached hydrogens (primary N) is 1. The van der Waals surface area contributed by atoms with Gasteiger partial charge in [-0.15, -0.1) is 0 Å². The van der Waals surface area contributed by atoms with Crippen molar-refractivity contribution in [3.8, 4) is 0 Å². The number of amides is 1. The van der Waals surface area contributed by atoms with E-state index < -0.39 is 34.0 Å². The van der Waals surface area contributed by atoms with Crippen LogP contribution in [0.15, 0.2) is 65.7 Å². The Morgan fingerprint density at radius 1 is 1.17 bits per heavy atom. The average Bonchev–Trinajstić information content (AvgIpc) is 2.87. The molecule has 2 atom stereocenters. The summed E-state index contributed by atoms with van der Waals surface area (Å²) in [5.41, 5.74) is 6.88. The van der Waals surface area contributed by atoms with Crippen LogP contribution in [0.4, 0.5) is 4.79 Å². The second-order valence-corrected chi connectivity index (χ2v) is 10.4. The molecule has 1 amide bonds. The van der Waals surface area contributed by atoms with E-state index in [4.69, 9.17) is 11.1 Å². The number of Topliss-reactive ketones (excluding diaryl/α,β-unsaturated/α-hetero) is 1. The first kappa shape index (κ1) is 25.3. The third kappa shape index (κ3) is 5.37. The molecule has 1 saturated heterocycles. The van der Waals surface area contributed by atoms with Crippen molar-refractivity contribution in [2.75, 3.05) is 6.54 Å². The number of piperidine rings is 1. The highest BCUT2D eigenvalue weighted by Gasteiger charge is 2.38. The number of nitrogen functional groups attached to an aromatic ring is 1. The first-order valence-corrected chi connectivity index (χ1v) is 13.0. The first-order valence-electron chi connectivity index (χ1n) is 11.5. The Kier molecular flexibility index (Phi) is 7.32. The predicted octanol–water partition coefficient (Wildman–Crippen LogP) is 2.51. The molecule has 0 bridgehead atoms. The molecule has 11 heteroatoms. The lowest BCUT2D eigenvalue weighted by Crippen LogP contribution is -2.55. The van der Waals surface area contributed by atoms with Crippen LogP contribution in [0.25, 0.3) is 10.9 Å². The number of sulfonamides is 1. The molecule has 3 aromatic rings. The van der Waals surface area contributed by atoms with Crippen LogP contribution in [0.1, 0.15) is 30.4 Å². The van der Waals surface area contributed by atoms with E-state index in [0.717, 1.165) is 4.90 Å². The van der Waals surface area contributed by atoms with Crippen LogP contribution >= 0.6 is 0 Å². The number of likely N-dealkylation sites (tertiary alicyclic amines) is 1.